The van der Waals surface area contributed by atoms with E-state index in [-0.39, 0.29) is 6.61 Å². The van der Waals surface area contributed by atoms with Crippen LogP contribution in [0.5, 0.6) is 0 Å². The molecular weight excluding hydrogens is 224 g/mol. The molecule has 2 aromatic heterocycles. The Bertz CT molecular complexity index is 498. The number of rotatable bonds is 3. The minimum Gasteiger partial charge on any atom is -0.445 e. The van der Waals surface area contributed by atoms with Gasteiger partial charge >= 0.3 is 6.09 Å². The summed E-state index contributed by atoms with van der Waals surface area (Å²) in [6.45, 7) is 0.137. The largest absolute Gasteiger partial charge is 0.445 e. The molecule has 2 aromatic rings. The zero-order valence-electron chi connectivity index (χ0n) is 9.04. The third-order valence-corrected chi connectivity index (χ3v) is 1.97. The first-order valence-corrected chi connectivity index (χ1v) is 4.82. The van der Waals surface area contributed by atoms with Crippen LogP contribution in [0, 0.1) is 0 Å². The summed E-state index contributed by atoms with van der Waals surface area (Å²) in [6.07, 6.45) is 2.72. The van der Waals surface area contributed by atoms with Gasteiger partial charge in [-0.25, -0.2) is 4.79 Å². The van der Waals surface area contributed by atoms with Crippen LogP contribution in [-0.2, 0) is 11.3 Å². The van der Waals surface area contributed by atoms with Crippen LogP contribution in [0.3, 0.4) is 0 Å². The van der Waals surface area contributed by atoms with E-state index in [9.17, 15) is 4.79 Å². The van der Waals surface area contributed by atoms with E-state index in [1.807, 2.05) is 0 Å². The van der Waals surface area contributed by atoms with E-state index in [0.717, 1.165) is 5.56 Å². The second-order valence-electron chi connectivity index (χ2n) is 3.14. The topological polar surface area (TPSA) is 106 Å². The molecular formula is C9H10N6O2. The van der Waals surface area contributed by atoms with E-state index in [0.29, 0.717) is 11.4 Å². The molecule has 0 unspecified atom stereocenters. The molecule has 8 heteroatoms. The fraction of sp³-hybridized carbons (Fsp3) is 0.222. The highest BCUT2D eigenvalue weighted by Gasteiger charge is 2.05. The van der Waals surface area contributed by atoms with Crippen molar-refractivity contribution in [2.75, 3.05) is 7.05 Å². The van der Waals surface area contributed by atoms with Gasteiger partial charge in [0, 0.05) is 30.6 Å². The maximum atomic E-state index is 10.9. The highest BCUT2D eigenvalue weighted by molar-refractivity contribution is 5.66. The monoisotopic (exact) mass is 234 g/mol. The molecule has 2 rings (SSSR count). The molecule has 0 aliphatic rings. The van der Waals surface area contributed by atoms with Crippen molar-refractivity contribution in [2.45, 2.75) is 6.61 Å². The molecule has 0 saturated heterocycles. The van der Waals surface area contributed by atoms with Crippen LogP contribution in [-0.4, -0.2) is 38.7 Å². The van der Waals surface area contributed by atoms with Crippen molar-refractivity contribution in [1.29, 1.82) is 0 Å². The van der Waals surface area contributed by atoms with Gasteiger partial charge in [-0.05, 0) is 11.3 Å². The van der Waals surface area contributed by atoms with Crippen molar-refractivity contribution in [3.63, 3.8) is 0 Å². The number of alkyl carbamates (subject to hydrolysis) is 1. The molecule has 0 aliphatic carbocycles. The van der Waals surface area contributed by atoms with Crippen LogP contribution in [0.15, 0.2) is 18.5 Å². The lowest BCUT2D eigenvalue weighted by Gasteiger charge is -2.04. The van der Waals surface area contributed by atoms with Crippen LogP contribution < -0.4 is 5.32 Å². The van der Waals surface area contributed by atoms with Gasteiger partial charge in [0.25, 0.3) is 0 Å². The second-order valence-corrected chi connectivity index (χ2v) is 3.14. The summed E-state index contributed by atoms with van der Waals surface area (Å²) < 4.78 is 4.90. The van der Waals surface area contributed by atoms with Gasteiger partial charge in [-0.1, -0.05) is 0 Å². The summed E-state index contributed by atoms with van der Waals surface area (Å²) in [6, 6.07) is 1.78. The third-order valence-electron chi connectivity index (χ3n) is 1.97. The van der Waals surface area contributed by atoms with Crippen LogP contribution in [0.4, 0.5) is 4.79 Å². The molecule has 0 saturated carbocycles. The standard InChI is InChI=1S/C9H10N6O2/c1-10-9(16)17-5-6-2-7(4-11-3-6)8-12-14-15-13-8/h2-4H,5H2,1H3,(H,10,16)(H,12,13,14,15). The van der Waals surface area contributed by atoms with Crippen molar-refractivity contribution >= 4 is 6.09 Å². The minimum atomic E-state index is -0.491. The van der Waals surface area contributed by atoms with Gasteiger partial charge in [0.1, 0.15) is 6.61 Å². The number of carbonyl (C=O) groups is 1. The first-order valence-electron chi connectivity index (χ1n) is 4.82. The SMILES string of the molecule is CNC(=O)OCc1cncc(-c2nn[nH]n2)c1. The molecule has 0 bridgehead atoms. The first-order chi connectivity index (χ1) is 8.29. The first kappa shape index (κ1) is 11.0. The van der Waals surface area contributed by atoms with E-state index in [4.69, 9.17) is 4.74 Å². The fourth-order valence-electron chi connectivity index (χ4n) is 1.19. The van der Waals surface area contributed by atoms with Gasteiger partial charge in [-0.15, -0.1) is 10.2 Å². The molecule has 0 aromatic carbocycles. The normalized spacial score (nSPS) is 9.94. The zero-order valence-corrected chi connectivity index (χ0v) is 9.04. The number of ether oxygens (including phenoxy) is 1. The van der Waals surface area contributed by atoms with Gasteiger partial charge in [-0.2, -0.15) is 5.21 Å². The predicted molar refractivity (Wildman–Crippen MR) is 56.7 cm³/mol. The predicted octanol–water partition coefficient (Wildman–Crippen LogP) is 0.118. The number of nitrogens with zero attached hydrogens (tertiary/aromatic N) is 4. The summed E-state index contributed by atoms with van der Waals surface area (Å²) in [4.78, 5) is 14.9. The Labute approximate surface area is 96.4 Å². The van der Waals surface area contributed by atoms with Crippen molar-refractivity contribution in [2.24, 2.45) is 0 Å². The number of aromatic amines is 1. The summed E-state index contributed by atoms with van der Waals surface area (Å²) in [5, 5.41) is 15.8. The number of carbonyl (C=O) groups excluding carboxylic acids is 1. The number of amides is 1. The molecule has 0 aliphatic heterocycles. The van der Waals surface area contributed by atoms with E-state index in [1.165, 1.54) is 7.05 Å². The van der Waals surface area contributed by atoms with Crippen LogP contribution in [0.25, 0.3) is 11.4 Å². The highest BCUT2D eigenvalue weighted by atomic mass is 16.5. The average Bonchev–Trinajstić information content (AvgIpc) is 2.90. The van der Waals surface area contributed by atoms with Crippen molar-refractivity contribution < 1.29 is 9.53 Å². The maximum absolute atomic E-state index is 10.9. The second kappa shape index (κ2) is 5.01. The lowest BCUT2D eigenvalue weighted by atomic mass is 10.2. The van der Waals surface area contributed by atoms with Crippen molar-refractivity contribution in [3.05, 3.63) is 24.0 Å². The average molecular weight is 234 g/mol. The quantitative estimate of drug-likeness (QED) is 0.781. The van der Waals surface area contributed by atoms with E-state index >= 15 is 0 Å². The number of pyridine rings is 1. The fourth-order valence-corrected chi connectivity index (χ4v) is 1.19. The minimum absolute atomic E-state index is 0.137. The maximum Gasteiger partial charge on any atom is 0.407 e. The Hall–Kier alpha value is -2.51. The molecule has 17 heavy (non-hydrogen) atoms. The Balaban J connectivity index is 2.09. The van der Waals surface area contributed by atoms with Gasteiger partial charge in [0.15, 0.2) is 0 Å². The van der Waals surface area contributed by atoms with E-state index < -0.39 is 6.09 Å². The number of aromatic nitrogens is 5. The Morgan fingerprint density at radius 1 is 1.53 bits per heavy atom. The summed E-state index contributed by atoms with van der Waals surface area (Å²) >= 11 is 0. The molecule has 8 nitrogen and oxygen atoms in total. The van der Waals surface area contributed by atoms with Gasteiger partial charge < -0.3 is 10.1 Å². The Morgan fingerprint density at radius 2 is 2.41 bits per heavy atom. The van der Waals surface area contributed by atoms with Crippen LogP contribution in [0.2, 0.25) is 0 Å². The smallest absolute Gasteiger partial charge is 0.407 e. The zero-order chi connectivity index (χ0) is 12.1. The van der Waals surface area contributed by atoms with E-state index in [2.05, 4.69) is 30.9 Å². The molecule has 88 valence electrons. The van der Waals surface area contributed by atoms with Gasteiger partial charge in [0.05, 0.1) is 0 Å². The van der Waals surface area contributed by atoms with Crippen molar-refractivity contribution in [1.82, 2.24) is 30.9 Å². The lowest BCUT2D eigenvalue weighted by Crippen LogP contribution is -2.18. The number of hydrogen-bond acceptors (Lipinski definition) is 6. The van der Waals surface area contributed by atoms with E-state index in [1.54, 1.807) is 18.5 Å². The summed E-state index contributed by atoms with van der Waals surface area (Å²) in [7, 11) is 1.50. The third kappa shape index (κ3) is 2.74. The molecule has 0 spiro atoms. The van der Waals surface area contributed by atoms with Crippen LogP contribution in [0.1, 0.15) is 5.56 Å². The van der Waals surface area contributed by atoms with Gasteiger partial charge in [-0.3, -0.25) is 4.98 Å². The number of hydrogen-bond donors (Lipinski definition) is 2. The Kier molecular flexibility index (Phi) is 3.24. The molecule has 2 N–H and O–H groups in total. The number of H-pyrrole nitrogens is 1. The van der Waals surface area contributed by atoms with Gasteiger partial charge in [0.2, 0.25) is 5.82 Å². The number of tetrazole rings is 1. The van der Waals surface area contributed by atoms with Crippen LogP contribution >= 0.6 is 0 Å². The van der Waals surface area contributed by atoms with Crippen molar-refractivity contribution in [3.8, 4) is 11.4 Å². The highest BCUT2D eigenvalue weighted by Crippen LogP contribution is 2.13. The molecule has 1 amide bonds. The summed E-state index contributed by atoms with van der Waals surface area (Å²) in [5.74, 6) is 0.444. The molecule has 0 radical (unpaired) electrons. The lowest BCUT2D eigenvalue weighted by molar-refractivity contribution is 0.142. The summed E-state index contributed by atoms with van der Waals surface area (Å²) in [5.41, 5.74) is 1.45. The molecule has 0 atom stereocenters. The number of nitrogens with one attached hydrogen (secondary N) is 2. The Morgan fingerprint density at radius 3 is 3.12 bits per heavy atom. The molecule has 2 heterocycles. The molecule has 0 fully saturated rings.